The molecule has 128 valence electrons. The molecule has 6 nitrogen and oxygen atoms in total. The normalized spacial score (nSPS) is 20.9. The zero-order valence-corrected chi connectivity index (χ0v) is 14.8. The number of nitrogens with zero attached hydrogens (tertiary/aromatic N) is 4. The van der Waals surface area contributed by atoms with Crippen molar-refractivity contribution in [3.63, 3.8) is 0 Å². The van der Waals surface area contributed by atoms with Crippen molar-refractivity contribution in [1.29, 1.82) is 0 Å². The van der Waals surface area contributed by atoms with E-state index in [2.05, 4.69) is 14.9 Å². The van der Waals surface area contributed by atoms with Crippen LogP contribution in [0.2, 0.25) is 0 Å². The summed E-state index contributed by atoms with van der Waals surface area (Å²) in [7, 11) is 1.74. The molecule has 0 spiro atoms. The van der Waals surface area contributed by atoms with Gasteiger partial charge in [-0.2, -0.15) is 0 Å². The predicted octanol–water partition coefficient (Wildman–Crippen LogP) is 1.95. The molecule has 0 aliphatic carbocycles. The van der Waals surface area contributed by atoms with Gasteiger partial charge in [0.1, 0.15) is 10.7 Å². The average Bonchev–Trinajstić information content (AvgIpc) is 3.00. The van der Waals surface area contributed by atoms with E-state index in [4.69, 9.17) is 0 Å². The molecule has 0 saturated carbocycles. The third-order valence-electron chi connectivity index (χ3n) is 4.35. The number of pyridine rings is 1. The van der Waals surface area contributed by atoms with Gasteiger partial charge in [0.05, 0.1) is 23.4 Å². The summed E-state index contributed by atoms with van der Waals surface area (Å²) in [6.07, 6.45) is 3.30. The Morgan fingerprint density at radius 3 is 2.96 bits per heavy atom. The van der Waals surface area contributed by atoms with Crippen LogP contribution >= 0.6 is 11.3 Å². The van der Waals surface area contributed by atoms with Crippen molar-refractivity contribution >= 4 is 23.1 Å². The number of anilines is 1. The maximum absolute atomic E-state index is 12.6. The molecule has 0 radical (unpaired) electrons. The summed E-state index contributed by atoms with van der Waals surface area (Å²) in [6, 6.07) is 5.77. The van der Waals surface area contributed by atoms with E-state index in [-0.39, 0.29) is 5.91 Å². The number of carbonyl (C=O) groups excluding carboxylic acids is 1. The van der Waals surface area contributed by atoms with Gasteiger partial charge in [0, 0.05) is 26.3 Å². The van der Waals surface area contributed by atoms with Crippen LogP contribution in [-0.2, 0) is 0 Å². The highest BCUT2D eigenvalue weighted by molar-refractivity contribution is 7.11. The lowest BCUT2D eigenvalue weighted by Crippen LogP contribution is -2.54. The highest BCUT2D eigenvalue weighted by atomic mass is 32.1. The van der Waals surface area contributed by atoms with Crippen LogP contribution in [-0.4, -0.2) is 58.2 Å². The van der Waals surface area contributed by atoms with Gasteiger partial charge in [-0.25, -0.2) is 9.97 Å². The number of β-amino-alcohol motifs (C(OH)–C–C–N with tert-alkyl or cyclic N) is 1. The second kappa shape index (κ2) is 6.86. The first-order valence-electron chi connectivity index (χ1n) is 8.02. The molecule has 1 N–H and O–H groups in total. The molecule has 1 saturated heterocycles. The summed E-state index contributed by atoms with van der Waals surface area (Å²) in [4.78, 5) is 25.4. The second-order valence-corrected chi connectivity index (χ2v) is 7.22. The standard InChI is InChI=1S/C17H22N4O2S/c1-13-15(24-12-19-13)16(22)20(2)10-17(23)7-5-9-21(11-17)14-6-3-4-8-18-14/h3-4,6,8,12,23H,5,7,9-11H2,1-2H3/t17-/m0/s1. The molecule has 7 heteroatoms. The van der Waals surface area contributed by atoms with E-state index in [1.807, 2.05) is 25.1 Å². The number of hydrogen-bond acceptors (Lipinski definition) is 6. The maximum Gasteiger partial charge on any atom is 0.265 e. The first kappa shape index (κ1) is 16.9. The van der Waals surface area contributed by atoms with Crippen molar-refractivity contribution in [2.45, 2.75) is 25.4 Å². The molecule has 24 heavy (non-hydrogen) atoms. The third-order valence-corrected chi connectivity index (χ3v) is 5.26. The van der Waals surface area contributed by atoms with E-state index in [1.165, 1.54) is 11.3 Å². The van der Waals surface area contributed by atoms with Crippen LogP contribution in [0.4, 0.5) is 5.82 Å². The molecule has 1 aliphatic heterocycles. The molecular weight excluding hydrogens is 324 g/mol. The van der Waals surface area contributed by atoms with Crippen LogP contribution in [0.1, 0.15) is 28.2 Å². The Balaban J connectivity index is 1.69. The number of amides is 1. The Kier molecular flexibility index (Phi) is 4.82. The van der Waals surface area contributed by atoms with E-state index in [9.17, 15) is 9.90 Å². The number of piperidine rings is 1. The summed E-state index contributed by atoms with van der Waals surface area (Å²) in [5, 5.41) is 11.0. The zero-order valence-electron chi connectivity index (χ0n) is 14.0. The Morgan fingerprint density at radius 1 is 1.46 bits per heavy atom. The minimum atomic E-state index is -0.932. The van der Waals surface area contributed by atoms with Gasteiger partial charge in [0.15, 0.2) is 0 Å². The number of thiazole rings is 1. The van der Waals surface area contributed by atoms with Crippen molar-refractivity contribution in [1.82, 2.24) is 14.9 Å². The summed E-state index contributed by atoms with van der Waals surface area (Å²) in [5.74, 6) is 0.779. The first-order chi connectivity index (χ1) is 11.5. The lowest BCUT2D eigenvalue weighted by molar-refractivity contribution is -0.0000379. The number of aromatic nitrogens is 2. The fourth-order valence-electron chi connectivity index (χ4n) is 3.17. The molecule has 0 bridgehead atoms. The first-order valence-corrected chi connectivity index (χ1v) is 8.90. The van der Waals surface area contributed by atoms with Crippen LogP contribution in [0.25, 0.3) is 0 Å². The Labute approximate surface area is 145 Å². The van der Waals surface area contributed by atoms with Crippen LogP contribution in [0.15, 0.2) is 29.9 Å². The van der Waals surface area contributed by atoms with Crippen LogP contribution < -0.4 is 4.90 Å². The number of hydrogen-bond donors (Lipinski definition) is 1. The topological polar surface area (TPSA) is 69.6 Å². The Hall–Kier alpha value is -1.99. The van der Waals surface area contributed by atoms with Gasteiger partial charge < -0.3 is 14.9 Å². The lowest BCUT2D eigenvalue weighted by Gasteiger charge is -2.41. The molecule has 0 aromatic carbocycles. The molecule has 1 atom stereocenters. The van der Waals surface area contributed by atoms with Crippen molar-refractivity contribution in [2.75, 3.05) is 31.6 Å². The number of carbonyl (C=O) groups is 1. The number of aryl methyl sites for hydroxylation is 1. The van der Waals surface area contributed by atoms with Crippen LogP contribution in [0.3, 0.4) is 0 Å². The molecular formula is C17H22N4O2S. The Morgan fingerprint density at radius 2 is 2.29 bits per heavy atom. The second-order valence-electron chi connectivity index (χ2n) is 6.37. The summed E-state index contributed by atoms with van der Waals surface area (Å²) in [6.45, 7) is 3.47. The van der Waals surface area contributed by atoms with Crippen LogP contribution in [0.5, 0.6) is 0 Å². The van der Waals surface area contributed by atoms with Crippen molar-refractivity contribution in [3.8, 4) is 0 Å². The largest absolute Gasteiger partial charge is 0.386 e. The fourth-order valence-corrected chi connectivity index (χ4v) is 3.97. The van der Waals surface area contributed by atoms with E-state index in [0.29, 0.717) is 24.4 Å². The van der Waals surface area contributed by atoms with Gasteiger partial charge >= 0.3 is 0 Å². The fraction of sp³-hybridized carbons (Fsp3) is 0.471. The quantitative estimate of drug-likeness (QED) is 0.916. The van der Waals surface area contributed by atoms with Crippen LogP contribution in [0, 0.1) is 6.92 Å². The molecule has 1 amide bonds. The molecule has 2 aromatic rings. The molecule has 1 aliphatic rings. The minimum Gasteiger partial charge on any atom is -0.386 e. The number of aliphatic hydroxyl groups is 1. The minimum absolute atomic E-state index is 0.0848. The Bertz CT molecular complexity index is 706. The zero-order chi connectivity index (χ0) is 17.2. The average molecular weight is 346 g/mol. The monoisotopic (exact) mass is 346 g/mol. The molecule has 3 heterocycles. The SMILES string of the molecule is Cc1ncsc1C(=O)N(C)C[C@@]1(O)CCCN(c2ccccn2)C1. The van der Waals surface area contributed by atoms with Gasteiger partial charge in [-0.1, -0.05) is 6.07 Å². The van der Waals surface area contributed by atoms with Gasteiger partial charge in [-0.15, -0.1) is 11.3 Å². The maximum atomic E-state index is 12.6. The molecule has 3 rings (SSSR count). The molecule has 1 fully saturated rings. The summed E-state index contributed by atoms with van der Waals surface area (Å²) < 4.78 is 0. The van der Waals surface area contributed by atoms with Gasteiger partial charge in [-0.05, 0) is 31.9 Å². The predicted molar refractivity (Wildman–Crippen MR) is 94.4 cm³/mol. The van der Waals surface area contributed by atoms with Crippen molar-refractivity contribution in [3.05, 3.63) is 40.5 Å². The number of rotatable bonds is 4. The molecule has 0 unspecified atom stereocenters. The molecule has 2 aromatic heterocycles. The van der Waals surface area contributed by atoms with Gasteiger partial charge in [-0.3, -0.25) is 4.79 Å². The highest BCUT2D eigenvalue weighted by Gasteiger charge is 2.36. The van der Waals surface area contributed by atoms with E-state index >= 15 is 0 Å². The van der Waals surface area contributed by atoms with E-state index < -0.39 is 5.60 Å². The smallest absolute Gasteiger partial charge is 0.265 e. The van der Waals surface area contributed by atoms with Gasteiger partial charge in [0.2, 0.25) is 0 Å². The van der Waals surface area contributed by atoms with E-state index in [1.54, 1.807) is 23.7 Å². The van der Waals surface area contributed by atoms with E-state index in [0.717, 1.165) is 24.5 Å². The van der Waals surface area contributed by atoms with Crippen molar-refractivity contribution < 1.29 is 9.90 Å². The third kappa shape index (κ3) is 3.57. The summed E-state index contributed by atoms with van der Waals surface area (Å²) in [5.41, 5.74) is 1.48. The van der Waals surface area contributed by atoms with Gasteiger partial charge in [0.25, 0.3) is 5.91 Å². The van der Waals surface area contributed by atoms with Crippen molar-refractivity contribution in [2.24, 2.45) is 0 Å². The number of likely N-dealkylation sites (N-methyl/N-ethyl adjacent to an activating group) is 1. The highest BCUT2D eigenvalue weighted by Crippen LogP contribution is 2.26. The summed E-state index contributed by atoms with van der Waals surface area (Å²) >= 11 is 1.34. The lowest BCUT2D eigenvalue weighted by atomic mass is 9.92.